The van der Waals surface area contributed by atoms with Crippen molar-refractivity contribution >= 4 is 0 Å². The summed E-state index contributed by atoms with van der Waals surface area (Å²) in [6.45, 7) is 7.90. The molecule has 0 amide bonds. The minimum atomic E-state index is -0.212. The molecule has 0 heterocycles. The number of benzene rings is 1. The number of hydrogen-bond acceptors (Lipinski definition) is 4. The van der Waals surface area contributed by atoms with Crippen LogP contribution in [0.4, 0.5) is 0 Å². The Morgan fingerprint density at radius 2 is 1.74 bits per heavy atom. The quantitative estimate of drug-likeness (QED) is 0.732. The standard InChI is InChI=1S/C15H22N2O2/c1-4-18-15(19-5-2)11-17-12(3)14-8-6-13(10-16)7-9-14/h6-9,12,15,17H,4-5,11H2,1-3H3. The summed E-state index contributed by atoms with van der Waals surface area (Å²) in [6, 6.07) is 9.90. The van der Waals surface area contributed by atoms with Gasteiger partial charge in [-0.05, 0) is 38.5 Å². The first-order valence-corrected chi connectivity index (χ1v) is 6.67. The van der Waals surface area contributed by atoms with E-state index in [1.54, 1.807) is 0 Å². The van der Waals surface area contributed by atoms with Crippen LogP contribution in [0.5, 0.6) is 0 Å². The molecule has 0 aromatic heterocycles. The highest BCUT2D eigenvalue weighted by Gasteiger charge is 2.11. The van der Waals surface area contributed by atoms with Gasteiger partial charge in [0.25, 0.3) is 0 Å². The number of hydrogen-bond donors (Lipinski definition) is 1. The van der Waals surface area contributed by atoms with Crippen molar-refractivity contribution in [3.63, 3.8) is 0 Å². The first-order valence-electron chi connectivity index (χ1n) is 6.67. The van der Waals surface area contributed by atoms with Gasteiger partial charge in [0.05, 0.1) is 11.6 Å². The first kappa shape index (κ1) is 15.6. The third-order valence-electron chi connectivity index (χ3n) is 2.84. The zero-order valence-electron chi connectivity index (χ0n) is 11.8. The van der Waals surface area contributed by atoms with Crippen molar-refractivity contribution in [1.82, 2.24) is 5.32 Å². The Labute approximate surface area is 115 Å². The number of nitrogens with zero attached hydrogens (tertiary/aromatic N) is 1. The largest absolute Gasteiger partial charge is 0.352 e. The fraction of sp³-hybridized carbons (Fsp3) is 0.533. The van der Waals surface area contributed by atoms with Crippen LogP contribution in [0.15, 0.2) is 24.3 Å². The van der Waals surface area contributed by atoms with E-state index in [0.717, 1.165) is 5.56 Å². The van der Waals surface area contributed by atoms with E-state index in [2.05, 4.69) is 18.3 Å². The van der Waals surface area contributed by atoms with Crippen LogP contribution in [-0.4, -0.2) is 26.0 Å². The molecule has 0 spiro atoms. The Bertz CT molecular complexity index is 392. The molecular formula is C15H22N2O2. The summed E-state index contributed by atoms with van der Waals surface area (Å²) in [5.74, 6) is 0. The molecule has 0 bridgehead atoms. The van der Waals surface area contributed by atoms with Gasteiger partial charge in [0.1, 0.15) is 0 Å². The van der Waals surface area contributed by atoms with E-state index in [1.165, 1.54) is 0 Å². The highest BCUT2D eigenvalue weighted by Crippen LogP contribution is 2.13. The van der Waals surface area contributed by atoms with Crippen LogP contribution in [0.1, 0.15) is 37.9 Å². The molecule has 1 unspecified atom stereocenters. The SMILES string of the molecule is CCOC(CNC(C)c1ccc(C#N)cc1)OCC. The summed E-state index contributed by atoms with van der Waals surface area (Å²) >= 11 is 0. The summed E-state index contributed by atoms with van der Waals surface area (Å²) in [5, 5.41) is 12.1. The molecule has 0 saturated carbocycles. The van der Waals surface area contributed by atoms with E-state index in [9.17, 15) is 0 Å². The van der Waals surface area contributed by atoms with E-state index in [1.807, 2.05) is 38.1 Å². The monoisotopic (exact) mass is 262 g/mol. The van der Waals surface area contributed by atoms with E-state index >= 15 is 0 Å². The average molecular weight is 262 g/mol. The van der Waals surface area contributed by atoms with Gasteiger partial charge in [0, 0.05) is 25.8 Å². The maximum atomic E-state index is 8.76. The molecule has 1 N–H and O–H groups in total. The minimum Gasteiger partial charge on any atom is -0.352 e. The van der Waals surface area contributed by atoms with Crippen LogP contribution >= 0.6 is 0 Å². The van der Waals surface area contributed by atoms with E-state index in [-0.39, 0.29) is 12.3 Å². The molecule has 0 saturated heterocycles. The third kappa shape index (κ3) is 5.39. The van der Waals surface area contributed by atoms with Crippen molar-refractivity contribution < 1.29 is 9.47 Å². The number of ether oxygens (including phenoxy) is 2. The Kier molecular flexibility index (Phi) is 7.12. The molecule has 19 heavy (non-hydrogen) atoms. The van der Waals surface area contributed by atoms with Crippen molar-refractivity contribution in [1.29, 1.82) is 5.26 Å². The summed E-state index contributed by atoms with van der Waals surface area (Å²) in [4.78, 5) is 0. The molecule has 0 fully saturated rings. The van der Waals surface area contributed by atoms with Crippen molar-refractivity contribution in [2.45, 2.75) is 33.1 Å². The normalized spacial score (nSPS) is 12.4. The smallest absolute Gasteiger partial charge is 0.169 e. The molecule has 1 rings (SSSR count). The van der Waals surface area contributed by atoms with Crippen LogP contribution in [0.25, 0.3) is 0 Å². The molecule has 104 valence electrons. The summed E-state index contributed by atoms with van der Waals surface area (Å²) < 4.78 is 11.0. The van der Waals surface area contributed by atoms with E-state index < -0.39 is 0 Å². The predicted octanol–water partition coefficient (Wildman–Crippen LogP) is 2.61. The molecule has 1 aromatic rings. The van der Waals surface area contributed by atoms with Crippen LogP contribution in [0.2, 0.25) is 0 Å². The van der Waals surface area contributed by atoms with Gasteiger partial charge < -0.3 is 14.8 Å². The van der Waals surface area contributed by atoms with Crippen molar-refractivity contribution in [3.05, 3.63) is 35.4 Å². The van der Waals surface area contributed by atoms with Crippen LogP contribution < -0.4 is 5.32 Å². The van der Waals surface area contributed by atoms with Crippen LogP contribution in [-0.2, 0) is 9.47 Å². The van der Waals surface area contributed by atoms with Crippen LogP contribution in [0.3, 0.4) is 0 Å². The molecule has 4 heteroatoms. The Morgan fingerprint density at radius 1 is 1.16 bits per heavy atom. The zero-order chi connectivity index (χ0) is 14.1. The van der Waals surface area contributed by atoms with Gasteiger partial charge in [-0.25, -0.2) is 0 Å². The number of rotatable bonds is 8. The van der Waals surface area contributed by atoms with Crippen molar-refractivity contribution in [2.24, 2.45) is 0 Å². The van der Waals surface area contributed by atoms with E-state index in [4.69, 9.17) is 14.7 Å². The fourth-order valence-corrected chi connectivity index (χ4v) is 1.77. The van der Waals surface area contributed by atoms with Gasteiger partial charge in [-0.2, -0.15) is 5.26 Å². The van der Waals surface area contributed by atoms with E-state index in [0.29, 0.717) is 25.3 Å². The highest BCUT2D eigenvalue weighted by atomic mass is 16.7. The van der Waals surface area contributed by atoms with Gasteiger partial charge in [-0.1, -0.05) is 12.1 Å². The van der Waals surface area contributed by atoms with Crippen molar-refractivity contribution in [3.8, 4) is 6.07 Å². The molecule has 0 radical (unpaired) electrons. The summed E-state index contributed by atoms with van der Waals surface area (Å²) in [7, 11) is 0. The topological polar surface area (TPSA) is 54.3 Å². The fourth-order valence-electron chi connectivity index (χ4n) is 1.77. The first-order chi connectivity index (χ1) is 9.21. The predicted molar refractivity (Wildman–Crippen MR) is 74.6 cm³/mol. The Balaban J connectivity index is 2.48. The molecule has 0 aliphatic heterocycles. The third-order valence-corrected chi connectivity index (χ3v) is 2.84. The molecule has 1 atom stereocenters. The summed E-state index contributed by atoms with van der Waals surface area (Å²) in [6.07, 6.45) is -0.212. The lowest BCUT2D eigenvalue weighted by Crippen LogP contribution is -2.33. The maximum Gasteiger partial charge on any atom is 0.169 e. The lowest BCUT2D eigenvalue weighted by Gasteiger charge is -2.21. The second kappa shape index (κ2) is 8.65. The average Bonchev–Trinajstić information content (AvgIpc) is 2.45. The van der Waals surface area contributed by atoms with Gasteiger partial charge in [0.2, 0.25) is 0 Å². The second-order valence-corrected chi connectivity index (χ2v) is 4.20. The Morgan fingerprint density at radius 3 is 2.21 bits per heavy atom. The lowest BCUT2D eigenvalue weighted by molar-refractivity contribution is -0.133. The van der Waals surface area contributed by atoms with Gasteiger partial charge >= 0.3 is 0 Å². The molecule has 0 aliphatic carbocycles. The Hall–Kier alpha value is -1.41. The minimum absolute atomic E-state index is 0.191. The molecule has 0 aliphatic rings. The zero-order valence-corrected chi connectivity index (χ0v) is 11.8. The highest BCUT2D eigenvalue weighted by molar-refractivity contribution is 5.32. The van der Waals surface area contributed by atoms with Gasteiger partial charge in [0.15, 0.2) is 6.29 Å². The van der Waals surface area contributed by atoms with Crippen molar-refractivity contribution in [2.75, 3.05) is 19.8 Å². The van der Waals surface area contributed by atoms with Gasteiger partial charge in [-0.3, -0.25) is 0 Å². The molecular weight excluding hydrogens is 240 g/mol. The number of nitrogens with one attached hydrogen (secondary N) is 1. The molecule has 4 nitrogen and oxygen atoms in total. The summed E-state index contributed by atoms with van der Waals surface area (Å²) in [5.41, 5.74) is 1.82. The van der Waals surface area contributed by atoms with Gasteiger partial charge in [-0.15, -0.1) is 0 Å². The lowest BCUT2D eigenvalue weighted by atomic mass is 10.1. The molecule has 1 aromatic carbocycles. The maximum absolute atomic E-state index is 8.76. The van der Waals surface area contributed by atoms with Crippen LogP contribution in [0, 0.1) is 11.3 Å². The number of nitriles is 1. The second-order valence-electron chi connectivity index (χ2n) is 4.20.